The van der Waals surface area contributed by atoms with E-state index in [4.69, 9.17) is 9.47 Å². The molecule has 0 saturated carbocycles. The fourth-order valence-electron chi connectivity index (χ4n) is 3.09. The quantitative estimate of drug-likeness (QED) is 0.762. The second-order valence-electron chi connectivity index (χ2n) is 5.97. The molecule has 0 radical (unpaired) electrons. The molecular weight excluding hydrogens is 240 g/mol. The van der Waals surface area contributed by atoms with Crippen LogP contribution in [0.3, 0.4) is 0 Å². The first kappa shape index (κ1) is 15.2. The van der Waals surface area contributed by atoms with Crippen molar-refractivity contribution in [1.82, 2.24) is 10.2 Å². The molecule has 0 aromatic rings. The van der Waals surface area contributed by atoms with Crippen LogP contribution >= 0.6 is 0 Å². The number of nitrogens with one attached hydrogen (secondary N) is 1. The average molecular weight is 270 g/mol. The molecule has 0 aliphatic carbocycles. The van der Waals surface area contributed by atoms with Crippen LogP contribution < -0.4 is 5.32 Å². The molecule has 4 nitrogen and oxygen atoms in total. The van der Waals surface area contributed by atoms with Crippen molar-refractivity contribution in [3.8, 4) is 0 Å². The zero-order valence-electron chi connectivity index (χ0n) is 12.6. The fraction of sp³-hybridized carbons (Fsp3) is 1.00. The van der Waals surface area contributed by atoms with Gasteiger partial charge in [0.25, 0.3) is 0 Å². The lowest BCUT2D eigenvalue weighted by atomic mass is 10.1. The van der Waals surface area contributed by atoms with Crippen LogP contribution in [0.2, 0.25) is 0 Å². The molecule has 2 fully saturated rings. The number of hydrogen-bond acceptors (Lipinski definition) is 4. The highest BCUT2D eigenvalue weighted by atomic mass is 16.5. The smallest absolute Gasteiger partial charge is 0.0707 e. The number of rotatable bonds is 7. The molecule has 2 heterocycles. The van der Waals surface area contributed by atoms with Crippen molar-refractivity contribution in [2.75, 3.05) is 39.8 Å². The average Bonchev–Trinajstić information content (AvgIpc) is 2.85. The van der Waals surface area contributed by atoms with E-state index in [1.807, 2.05) is 0 Å². The van der Waals surface area contributed by atoms with Gasteiger partial charge in [-0.2, -0.15) is 0 Å². The molecular formula is C15H30N2O2. The van der Waals surface area contributed by atoms with Gasteiger partial charge in [0.1, 0.15) is 0 Å². The third kappa shape index (κ3) is 5.38. The Hall–Kier alpha value is -0.160. The summed E-state index contributed by atoms with van der Waals surface area (Å²) in [6, 6.07) is 0. The second kappa shape index (κ2) is 8.20. The molecule has 112 valence electrons. The van der Waals surface area contributed by atoms with Crippen LogP contribution in [-0.2, 0) is 9.47 Å². The van der Waals surface area contributed by atoms with Crippen LogP contribution in [-0.4, -0.2) is 63.0 Å². The maximum absolute atomic E-state index is 6.08. The first-order valence-electron chi connectivity index (χ1n) is 7.94. The maximum Gasteiger partial charge on any atom is 0.0707 e. The van der Waals surface area contributed by atoms with Crippen molar-refractivity contribution in [3.63, 3.8) is 0 Å². The minimum atomic E-state index is 0.414. The van der Waals surface area contributed by atoms with Gasteiger partial charge in [0, 0.05) is 26.2 Å². The zero-order chi connectivity index (χ0) is 13.5. The minimum absolute atomic E-state index is 0.414. The van der Waals surface area contributed by atoms with Gasteiger partial charge < -0.3 is 19.7 Å². The zero-order valence-corrected chi connectivity index (χ0v) is 12.6. The van der Waals surface area contributed by atoms with E-state index in [2.05, 4.69) is 24.2 Å². The van der Waals surface area contributed by atoms with Gasteiger partial charge in [0.2, 0.25) is 0 Å². The Balaban J connectivity index is 1.61. The third-order valence-corrected chi connectivity index (χ3v) is 4.12. The van der Waals surface area contributed by atoms with Crippen molar-refractivity contribution in [3.05, 3.63) is 0 Å². The third-order valence-electron chi connectivity index (χ3n) is 4.12. The summed E-state index contributed by atoms with van der Waals surface area (Å²) in [4.78, 5) is 2.39. The predicted molar refractivity (Wildman–Crippen MR) is 77.5 cm³/mol. The summed E-state index contributed by atoms with van der Waals surface area (Å²) in [6.07, 6.45) is 7.46. The van der Waals surface area contributed by atoms with Gasteiger partial charge in [-0.05, 0) is 45.7 Å². The van der Waals surface area contributed by atoms with E-state index < -0.39 is 0 Å². The molecule has 4 heteroatoms. The molecule has 19 heavy (non-hydrogen) atoms. The summed E-state index contributed by atoms with van der Waals surface area (Å²) in [7, 11) is 2.19. The van der Waals surface area contributed by atoms with E-state index >= 15 is 0 Å². The minimum Gasteiger partial charge on any atom is -0.377 e. The Kier molecular flexibility index (Phi) is 6.57. The van der Waals surface area contributed by atoms with Crippen LogP contribution in [0.1, 0.15) is 39.0 Å². The van der Waals surface area contributed by atoms with Gasteiger partial charge in [-0.15, -0.1) is 0 Å². The highest BCUT2D eigenvalue weighted by molar-refractivity contribution is 4.78. The van der Waals surface area contributed by atoms with E-state index in [1.54, 1.807) is 0 Å². The van der Waals surface area contributed by atoms with Crippen molar-refractivity contribution in [2.24, 2.45) is 0 Å². The molecule has 2 saturated heterocycles. The summed E-state index contributed by atoms with van der Waals surface area (Å²) in [6.45, 7) is 7.22. The summed E-state index contributed by atoms with van der Waals surface area (Å²) in [5, 5.41) is 3.37. The SMILES string of the molecule is CCNCC1CCC(CN(C)CC2CCCCO2)O1. The van der Waals surface area contributed by atoms with Crippen LogP contribution in [0.25, 0.3) is 0 Å². The van der Waals surface area contributed by atoms with Crippen LogP contribution in [0, 0.1) is 0 Å². The lowest BCUT2D eigenvalue weighted by molar-refractivity contribution is -0.0167. The lowest BCUT2D eigenvalue weighted by Crippen LogP contribution is -2.38. The summed E-state index contributed by atoms with van der Waals surface area (Å²) >= 11 is 0. The molecule has 0 aromatic heterocycles. The molecule has 1 N–H and O–H groups in total. The van der Waals surface area contributed by atoms with Crippen molar-refractivity contribution in [2.45, 2.75) is 57.3 Å². The molecule has 3 unspecified atom stereocenters. The standard InChI is InChI=1S/C15H30N2O2/c1-3-16-10-13-7-8-15(19-13)12-17(2)11-14-6-4-5-9-18-14/h13-16H,3-12H2,1-2H3. The fourth-order valence-corrected chi connectivity index (χ4v) is 3.09. The Morgan fingerprint density at radius 2 is 1.84 bits per heavy atom. The number of likely N-dealkylation sites (N-methyl/N-ethyl adjacent to an activating group) is 2. The lowest BCUT2D eigenvalue weighted by Gasteiger charge is -2.28. The van der Waals surface area contributed by atoms with Crippen molar-refractivity contribution < 1.29 is 9.47 Å². The summed E-state index contributed by atoms with van der Waals surface area (Å²) in [5.74, 6) is 0. The Morgan fingerprint density at radius 1 is 1.05 bits per heavy atom. The molecule has 2 rings (SSSR count). The van der Waals surface area contributed by atoms with E-state index in [0.29, 0.717) is 18.3 Å². The normalized spacial score (nSPS) is 32.1. The van der Waals surface area contributed by atoms with Crippen LogP contribution in [0.5, 0.6) is 0 Å². The van der Waals surface area contributed by atoms with Crippen LogP contribution in [0.4, 0.5) is 0 Å². The van der Waals surface area contributed by atoms with E-state index in [0.717, 1.165) is 32.8 Å². The Bertz CT molecular complexity index is 244. The van der Waals surface area contributed by atoms with Gasteiger partial charge in [0.05, 0.1) is 18.3 Å². The van der Waals surface area contributed by atoms with E-state index in [-0.39, 0.29) is 0 Å². The first-order valence-corrected chi connectivity index (χ1v) is 7.94. The second-order valence-corrected chi connectivity index (χ2v) is 5.97. The molecule has 2 aliphatic heterocycles. The Morgan fingerprint density at radius 3 is 2.58 bits per heavy atom. The molecule has 3 atom stereocenters. The molecule has 0 amide bonds. The van der Waals surface area contributed by atoms with Gasteiger partial charge in [-0.25, -0.2) is 0 Å². The maximum atomic E-state index is 6.08. The van der Waals surface area contributed by atoms with Crippen LogP contribution in [0.15, 0.2) is 0 Å². The van der Waals surface area contributed by atoms with Crippen molar-refractivity contribution in [1.29, 1.82) is 0 Å². The first-order chi connectivity index (χ1) is 9.28. The molecule has 0 aromatic carbocycles. The van der Waals surface area contributed by atoms with Gasteiger partial charge in [-0.3, -0.25) is 0 Å². The van der Waals surface area contributed by atoms with Gasteiger partial charge in [0.15, 0.2) is 0 Å². The highest BCUT2D eigenvalue weighted by Gasteiger charge is 2.26. The summed E-state index contributed by atoms with van der Waals surface area (Å²) < 4.78 is 11.9. The van der Waals surface area contributed by atoms with Crippen molar-refractivity contribution >= 4 is 0 Å². The number of hydrogen-bond donors (Lipinski definition) is 1. The molecule has 0 spiro atoms. The number of nitrogens with zero attached hydrogens (tertiary/aromatic N) is 1. The summed E-state index contributed by atoms with van der Waals surface area (Å²) in [5.41, 5.74) is 0. The number of ether oxygens (including phenoxy) is 2. The molecule has 2 aliphatic rings. The van der Waals surface area contributed by atoms with E-state index in [1.165, 1.54) is 32.1 Å². The van der Waals surface area contributed by atoms with Gasteiger partial charge >= 0.3 is 0 Å². The molecule has 0 bridgehead atoms. The predicted octanol–water partition coefficient (Wildman–Crippen LogP) is 1.64. The van der Waals surface area contributed by atoms with E-state index in [9.17, 15) is 0 Å². The highest BCUT2D eigenvalue weighted by Crippen LogP contribution is 2.20. The van der Waals surface area contributed by atoms with Gasteiger partial charge in [-0.1, -0.05) is 6.92 Å². The topological polar surface area (TPSA) is 33.7 Å². The Labute approximate surface area is 117 Å². The monoisotopic (exact) mass is 270 g/mol. The largest absolute Gasteiger partial charge is 0.377 e.